The van der Waals surface area contributed by atoms with Gasteiger partial charge in [0.25, 0.3) is 0 Å². The molecule has 0 N–H and O–H groups in total. The van der Waals surface area contributed by atoms with Crippen molar-refractivity contribution in [3.05, 3.63) is 0 Å². The van der Waals surface area contributed by atoms with Crippen LogP contribution in [0, 0.1) is 28.6 Å². The summed E-state index contributed by atoms with van der Waals surface area (Å²) < 4.78 is -0.196. The van der Waals surface area contributed by atoms with Crippen molar-refractivity contribution in [3.63, 3.8) is 0 Å². The molecule has 0 aromatic rings. The highest BCUT2D eigenvalue weighted by atomic mass is 32.2. The molecule has 0 amide bonds. The van der Waals surface area contributed by atoms with Gasteiger partial charge in [-0.25, -0.2) is 0 Å². The zero-order valence-corrected chi connectivity index (χ0v) is 10.0. The molecule has 1 atom stereocenters. The lowest BCUT2D eigenvalue weighted by Gasteiger charge is -2.15. The van der Waals surface area contributed by atoms with Gasteiger partial charge in [-0.05, 0) is 39.4 Å². The maximum atomic E-state index is 9.11. The van der Waals surface area contributed by atoms with E-state index in [-0.39, 0.29) is 10.2 Å². The number of rotatable bonds is 1. The number of hydrogen-bond acceptors (Lipinski definition) is 2. The molecule has 1 fully saturated rings. The van der Waals surface area contributed by atoms with Crippen molar-refractivity contribution in [2.75, 3.05) is 5.75 Å². The summed E-state index contributed by atoms with van der Waals surface area (Å²) >= 11 is 1.78. The van der Waals surface area contributed by atoms with E-state index in [1.807, 2.05) is 0 Å². The standard InChI is InChI=1S/C12H17NS/c1-11(2,3)6-4-7-12(10-13)8-5-9-14-12/h5,7-9H2,1-3H3. The van der Waals surface area contributed by atoms with Crippen molar-refractivity contribution in [2.24, 2.45) is 5.41 Å². The van der Waals surface area contributed by atoms with Gasteiger partial charge >= 0.3 is 0 Å². The van der Waals surface area contributed by atoms with Gasteiger partial charge in [0.05, 0.1) is 6.07 Å². The van der Waals surface area contributed by atoms with Crippen LogP contribution in [0.1, 0.15) is 40.0 Å². The smallest absolute Gasteiger partial charge is 0.113 e. The molecule has 1 heterocycles. The average Bonchev–Trinajstić information content (AvgIpc) is 2.52. The molecule has 1 nitrogen and oxygen atoms in total. The minimum atomic E-state index is -0.196. The molecule has 2 heteroatoms. The van der Waals surface area contributed by atoms with Crippen molar-refractivity contribution in [3.8, 4) is 17.9 Å². The first-order valence-corrected chi connectivity index (χ1v) is 6.01. The first-order valence-electron chi connectivity index (χ1n) is 5.03. The summed E-state index contributed by atoms with van der Waals surface area (Å²) in [6.45, 7) is 6.29. The summed E-state index contributed by atoms with van der Waals surface area (Å²) in [6.07, 6.45) is 2.90. The SMILES string of the molecule is CC(C)(C)C#CCC1(C#N)CCCS1. The maximum Gasteiger partial charge on any atom is 0.113 e. The van der Waals surface area contributed by atoms with E-state index in [1.54, 1.807) is 11.8 Å². The molecule has 0 aliphatic carbocycles. The zero-order chi connectivity index (χ0) is 10.7. The maximum absolute atomic E-state index is 9.11. The summed E-state index contributed by atoms with van der Waals surface area (Å²) in [4.78, 5) is 0. The number of nitriles is 1. The van der Waals surface area contributed by atoms with Crippen LogP contribution in [0.3, 0.4) is 0 Å². The molecule has 76 valence electrons. The van der Waals surface area contributed by atoms with Crippen LogP contribution in [0.25, 0.3) is 0 Å². The van der Waals surface area contributed by atoms with Gasteiger partial charge in [0.2, 0.25) is 0 Å². The van der Waals surface area contributed by atoms with Crippen molar-refractivity contribution in [2.45, 2.75) is 44.8 Å². The third kappa shape index (κ3) is 3.28. The Morgan fingerprint density at radius 1 is 1.43 bits per heavy atom. The van der Waals surface area contributed by atoms with E-state index in [4.69, 9.17) is 5.26 Å². The molecule has 1 aliphatic heterocycles. The highest BCUT2D eigenvalue weighted by Crippen LogP contribution is 2.40. The Labute approximate surface area is 91.3 Å². The lowest BCUT2D eigenvalue weighted by Crippen LogP contribution is -2.17. The van der Waals surface area contributed by atoms with Gasteiger partial charge < -0.3 is 0 Å². The van der Waals surface area contributed by atoms with Crippen LogP contribution in [-0.2, 0) is 0 Å². The van der Waals surface area contributed by atoms with Gasteiger partial charge in [0.1, 0.15) is 4.75 Å². The molecule has 0 spiro atoms. The monoisotopic (exact) mass is 207 g/mol. The summed E-state index contributed by atoms with van der Waals surface area (Å²) in [5, 5.41) is 9.11. The summed E-state index contributed by atoms with van der Waals surface area (Å²) in [7, 11) is 0. The summed E-state index contributed by atoms with van der Waals surface area (Å²) in [5.41, 5.74) is 0.0555. The van der Waals surface area contributed by atoms with Crippen molar-refractivity contribution in [1.82, 2.24) is 0 Å². The van der Waals surface area contributed by atoms with Crippen LogP contribution >= 0.6 is 11.8 Å². The second-order valence-corrected chi connectivity index (χ2v) is 6.27. The Hall–Kier alpha value is -0.600. The van der Waals surface area contributed by atoms with Crippen molar-refractivity contribution in [1.29, 1.82) is 5.26 Å². The Bertz CT molecular complexity index is 289. The van der Waals surface area contributed by atoms with Crippen LogP contribution in [0.15, 0.2) is 0 Å². The van der Waals surface area contributed by atoms with Crippen molar-refractivity contribution < 1.29 is 0 Å². The second-order valence-electron chi connectivity index (χ2n) is 4.79. The third-order valence-electron chi connectivity index (χ3n) is 2.14. The topological polar surface area (TPSA) is 23.8 Å². The Balaban J connectivity index is 2.58. The Morgan fingerprint density at radius 2 is 2.14 bits per heavy atom. The number of thioether (sulfide) groups is 1. The molecule has 0 bridgehead atoms. The minimum absolute atomic E-state index is 0.0555. The van der Waals surface area contributed by atoms with Crippen LogP contribution in [0.5, 0.6) is 0 Å². The van der Waals surface area contributed by atoms with Crippen LogP contribution in [0.4, 0.5) is 0 Å². The van der Waals surface area contributed by atoms with E-state index in [1.165, 1.54) is 0 Å². The van der Waals surface area contributed by atoms with Gasteiger partial charge in [-0.15, -0.1) is 17.7 Å². The van der Waals surface area contributed by atoms with E-state index in [0.717, 1.165) is 25.0 Å². The normalized spacial score (nSPS) is 26.4. The first-order chi connectivity index (χ1) is 6.47. The molecule has 0 aromatic heterocycles. The first kappa shape index (κ1) is 11.5. The highest BCUT2D eigenvalue weighted by Gasteiger charge is 2.33. The summed E-state index contributed by atoms with van der Waals surface area (Å²) in [6, 6.07) is 2.42. The molecule has 0 radical (unpaired) electrons. The largest absolute Gasteiger partial charge is 0.197 e. The van der Waals surface area contributed by atoms with E-state index in [2.05, 4.69) is 38.7 Å². The molecule has 1 rings (SSSR count). The lowest BCUT2D eigenvalue weighted by molar-refractivity contribution is 0.569. The predicted octanol–water partition coefficient (Wildman–Crippen LogP) is 3.22. The quantitative estimate of drug-likeness (QED) is 0.616. The second kappa shape index (κ2) is 4.28. The molecule has 0 aromatic carbocycles. The van der Waals surface area contributed by atoms with Crippen LogP contribution in [0.2, 0.25) is 0 Å². The predicted molar refractivity (Wildman–Crippen MR) is 61.9 cm³/mol. The molecular formula is C12H17NS. The van der Waals surface area contributed by atoms with E-state index >= 15 is 0 Å². The molecule has 1 aliphatic rings. The highest BCUT2D eigenvalue weighted by molar-refractivity contribution is 8.01. The molecular weight excluding hydrogens is 190 g/mol. The molecule has 1 unspecified atom stereocenters. The van der Waals surface area contributed by atoms with Crippen LogP contribution in [-0.4, -0.2) is 10.5 Å². The van der Waals surface area contributed by atoms with Gasteiger partial charge in [0.15, 0.2) is 0 Å². The van der Waals surface area contributed by atoms with E-state index in [9.17, 15) is 0 Å². The number of nitrogens with zero attached hydrogens (tertiary/aromatic N) is 1. The van der Waals surface area contributed by atoms with Gasteiger partial charge in [-0.2, -0.15) is 5.26 Å². The Morgan fingerprint density at radius 3 is 2.57 bits per heavy atom. The van der Waals surface area contributed by atoms with E-state index in [0.29, 0.717) is 0 Å². The van der Waals surface area contributed by atoms with Gasteiger partial charge in [-0.1, -0.05) is 5.92 Å². The number of hydrogen-bond donors (Lipinski definition) is 0. The van der Waals surface area contributed by atoms with Gasteiger partial charge in [-0.3, -0.25) is 0 Å². The van der Waals surface area contributed by atoms with Crippen LogP contribution < -0.4 is 0 Å². The zero-order valence-electron chi connectivity index (χ0n) is 9.18. The van der Waals surface area contributed by atoms with E-state index < -0.39 is 0 Å². The molecule has 0 saturated carbocycles. The minimum Gasteiger partial charge on any atom is -0.197 e. The average molecular weight is 207 g/mol. The van der Waals surface area contributed by atoms with Gasteiger partial charge in [0, 0.05) is 11.8 Å². The fourth-order valence-electron chi connectivity index (χ4n) is 1.42. The lowest BCUT2D eigenvalue weighted by atomic mass is 9.96. The third-order valence-corrected chi connectivity index (χ3v) is 3.63. The fraction of sp³-hybridized carbons (Fsp3) is 0.750. The fourth-order valence-corrected chi connectivity index (χ4v) is 2.62. The Kier molecular flexibility index (Phi) is 3.51. The molecule has 1 saturated heterocycles. The van der Waals surface area contributed by atoms with Crippen molar-refractivity contribution >= 4 is 11.8 Å². The summed E-state index contributed by atoms with van der Waals surface area (Å²) in [5.74, 6) is 7.47. The molecule has 14 heavy (non-hydrogen) atoms.